The third kappa shape index (κ3) is 4.14. The van der Waals surface area contributed by atoms with E-state index in [9.17, 15) is 4.79 Å². The second-order valence-corrected chi connectivity index (χ2v) is 10.9. The molecule has 3 fully saturated rings. The first-order chi connectivity index (χ1) is 14.0. The van der Waals surface area contributed by atoms with Crippen LogP contribution in [0.4, 0.5) is 0 Å². The average Bonchev–Trinajstić information content (AvgIpc) is 3.08. The fraction of sp³-hybridized carbons (Fsp3) is 0.808. The van der Waals surface area contributed by atoms with E-state index in [-0.39, 0.29) is 5.97 Å². The number of hydrogen-bond donors (Lipinski definition) is 0. The van der Waals surface area contributed by atoms with Crippen LogP contribution in [0.15, 0.2) is 12.2 Å². The fourth-order valence-electron chi connectivity index (χ4n) is 7.37. The SMILES string of the molecule is CCCCC(Cl)C(=O)OC#C[C@@H]1CC[C@H]2[C@@H]3CCC4CC=CC[C@@H]4[C@H]3CC[C@]12C. The van der Waals surface area contributed by atoms with Gasteiger partial charge in [0.2, 0.25) is 0 Å². The molecule has 3 saturated carbocycles. The van der Waals surface area contributed by atoms with Crippen molar-refractivity contribution in [2.75, 3.05) is 0 Å². The summed E-state index contributed by atoms with van der Waals surface area (Å²) in [6, 6.07) is 0. The predicted molar refractivity (Wildman–Crippen MR) is 118 cm³/mol. The standard InChI is InChI=1S/C26H37ClO2/c1-3-4-9-24(27)25(28)29-17-15-19-11-13-23-22-12-10-18-7-5-6-8-20(18)21(22)14-16-26(19,23)2/h5-6,18-24H,3-4,7-14,16H2,1-2H3/t18?,19-,20-,21+,22+,23-,24?,26+/m0/s1. The fourth-order valence-corrected chi connectivity index (χ4v) is 7.57. The molecule has 3 heteroatoms. The van der Waals surface area contributed by atoms with E-state index in [4.69, 9.17) is 16.3 Å². The lowest BCUT2D eigenvalue weighted by Crippen LogP contribution is -2.47. The Hall–Kier alpha value is -0.940. The Morgan fingerprint density at radius 3 is 2.79 bits per heavy atom. The molecule has 0 bridgehead atoms. The highest BCUT2D eigenvalue weighted by Gasteiger charge is 2.56. The van der Waals surface area contributed by atoms with E-state index in [1.165, 1.54) is 44.9 Å². The molecule has 160 valence electrons. The third-order valence-electron chi connectivity index (χ3n) is 8.98. The van der Waals surface area contributed by atoms with Gasteiger partial charge in [0.25, 0.3) is 0 Å². The van der Waals surface area contributed by atoms with E-state index >= 15 is 0 Å². The molecule has 4 aliphatic carbocycles. The first-order valence-corrected chi connectivity index (χ1v) is 12.5. The van der Waals surface area contributed by atoms with Crippen molar-refractivity contribution in [1.82, 2.24) is 0 Å². The second-order valence-electron chi connectivity index (χ2n) is 10.3. The lowest BCUT2D eigenvalue weighted by Gasteiger charge is -2.54. The van der Waals surface area contributed by atoms with E-state index in [1.807, 2.05) is 0 Å². The number of carbonyl (C=O) groups is 1. The number of carbonyl (C=O) groups excluding carboxylic acids is 1. The van der Waals surface area contributed by atoms with Crippen molar-refractivity contribution in [2.45, 2.75) is 89.9 Å². The zero-order chi connectivity index (χ0) is 20.4. The van der Waals surface area contributed by atoms with Crippen molar-refractivity contribution in [3.63, 3.8) is 0 Å². The molecule has 0 spiro atoms. The van der Waals surface area contributed by atoms with Gasteiger partial charge in [-0.25, -0.2) is 4.79 Å². The van der Waals surface area contributed by atoms with Crippen LogP contribution in [0.1, 0.15) is 84.5 Å². The number of hydrogen-bond acceptors (Lipinski definition) is 2. The summed E-state index contributed by atoms with van der Waals surface area (Å²) in [6.07, 6.45) is 20.8. The molecule has 0 amide bonds. The minimum atomic E-state index is -0.564. The minimum absolute atomic E-state index is 0.292. The highest BCUT2D eigenvalue weighted by Crippen LogP contribution is 2.63. The third-order valence-corrected chi connectivity index (χ3v) is 9.38. The first kappa shape index (κ1) is 21.3. The van der Waals surface area contributed by atoms with Crippen molar-refractivity contribution in [3.8, 4) is 12.0 Å². The van der Waals surface area contributed by atoms with Crippen LogP contribution in [0.2, 0.25) is 0 Å². The molecule has 0 aromatic carbocycles. The molecule has 2 nitrogen and oxygen atoms in total. The number of unbranched alkanes of at least 4 members (excludes halogenated alkanes) is 1. The molecule has 0 N–H and O–H groups in total. The smallest absolute Gasteiger partial charge is 0.337 e. The largest absolute Gasteiger partial charge is 0.371 e. The number of allylic oxidation sites excluding steroid dienone is 2. The molecular formula is C26H37ClO2. The average molecular weight is 417 g/mol. The van der Waals surface area contributed by atoms with Crippen molar-refractivity contribution in [1.29, 1.82) is 0 Å². The van der Waals surface area contributed by atoms with Gasteiger partial charge in [0.1, 0.15) is 11.5 Å². The summed E-state index contributed by atoms with van der Waals surface area (Å²) in [4.78, 5) is 12.0. The highest BCUT2D eigenvalue weighted by molar-refractivity contribution is 6.29. The van der Waals surface area contributed by atoms with Gasteiger partial charge in [-0.05, 0) is 92.8 Å². The first-order valence-electron chi connectivity index (χ1n) is 12.0. The number of rotatable bonds is 4. The van der Waals surface area contributed by atoms with Gasteiger partial charge in [-0.15, -0.1) is 11.6 Å². The molecular weight excluding hydrogens is 380 g/mol. The van der Waals surface area contributed by atoms with Gasteiger partial charge in [-0.2, -0.15) is 0 Å². The van der Waals surface area contributed by atoms with E-state index in [0.29, 0.717) is 17.8 Å². The Kier molecular flexibility index (Phi) is 6.65. The van der Waals surface area contributed by atoms with Crippen LogP contribution in [-0.4, -0.2) is 11.3 Å². The van der Waals surface area contributed by atoms with Crippen LogP contribution >= 0.6 is 11.6 Å². The summed E-state index contributed by atoms with van der Waals surface area (Å²) in [6.45, 7) is 4.57. The molecule has 29 heavy (non-hydrogen) atoms. The lowest BCUT2D eigenvalue weighted by molar-refractivity contribution is -0.136. The van der Waals surface area contributed by atoms with Crippen LogP contribution in [0, 0.1) is 52.9 Å². The molecule has 4 aliphatic rings. The molecule has 4 rings (SSSR count). The molecule has 0 saturated heterocycles. The van der Waals surface area contributed by atoms with Crippen molar-refractivity contribution >= 4 is 17.6 Å². The van der Waals surface area contributed by atoms with Gasteiger partial charge in [0, 0.05) is 5.92 Å². The van der Waals surface area contributed by atoms with Crippen LogP contribution in [0.5, 0.6) is 0 Å². The summed E-state index contributed by atoms with van der Waals surface area (Å²) in [7, 11) is 0. The zero-order valence-electron chi connectivity index (χ0n) is 18.2. The topological polar surface area (TPSA) is 26.3 Å². The van der Waals surface area contributed by atoms with Gasteiger partial charge in [-0.3, -0.25) is 0 Å². The van der Waals surface area contributed by atoms with Gasteiger partial charge >= 0.3 is 5.97 Å². The van der Waals surface area contributed by atoms with E-state index in [0.717, 1.165) is 48.9 Å². The Balaban J connectivity index is 1.39. The van der Waals surface area contributed by atoms with Crippen LogP contribution in [0.3, 0.4) is 0 Å². The Labute approximate surface area is 182 Å². The van der Waals surface area contributed by atoms with Crippen LogP contribution in [0.25, 0.3) is 0 Å². The molecule has 0 radical (unpaired) electrons. The lowest BCUT2D eigenvalue weighted by atomic mass is 9.50. The van der Waals surface area contributed by atoms with Crippen LogP contribution < -0.4 is 0 Å². The molecule has 8 atom stereocenters. The number of ether oxygens (including phenoxy) is 1. The normalized spacial score (nSPS) is 41.3. The minimum Gasteiger partial charge on any atom is -0.371 e. The maximum atomic E-state index is 12.0. The maximum absolute atomic E-state index is 12.0. The summed E-state index contributed by atoms with van der Waals surface area (Å²) >= 11 is 6.13. The highest BCUT2D eigenvalue weighted by atomic mass is 35.5. The van der Waals surface area contributed by atoms with E-state index in [1.54, 1.807) is 0 Å². The Morgan fingerprint density at radius 2 is 1.97 bits per heavy atom. The summed E-state index contributed by atoms with van der Waals surface area (Å²) in [5.74, 6) is 7.82. The summed E-state index contributed by atoms with van der Waals surface area (Å²) in [5, 5.41) is -0.564. The van der Waals surface area contributed by atoms with Gasteiger partial charge in [0.15, 0.2) is 0 Å². The maximum Gasteiger partial charge on any atom is 0.337 e. The summed E-state index contributed by atoms with van der Waals surface area (Å²) in [5.41, 5.74) is 0.292. The zero-order valence-corrected chi connectivity index (χ0v) is 18.9. The predicted octanol–water partition coefficient (Wildman–Crippen LogP) is 6.72. The van der Waals surface area contributed by atoms with Crippen LogP contribution in [-0.2, 0) is 9.53 Å². The monoisotopic (exact) mass is 416 g/mol. The van der Waals surface area contributed by atoms with Gasteiger partial charge in [-0.1, -0.05) is 44.8 Å². The molecule has 2 unspecified atom stereocenters. The van der Waals surface area contributed by atoms with Crippen molar-refractivity contribution < 1.29 is 9.53 Å². The number of alkyl halides is 1. The van der Waals surface area contributed by atoms with Crippen molar-refractivity contribution in [3.05, 3.63) is 12.2 Å². The number of fused-ring (bicyclic) bond motifs is 5. The molecule has 0 aliphatic heterocycles. The summed E-state index contributed by atoms with van der Waals surface area (Å²) < 4.78 is 5.23. The molecule has 0 aromatic rings. The molecule has 0 aromatic heterocycles. The molecule has 0 heterocycles. The Morgan fingerprint density at radius 1 is 1.14 bits per heavy atom. The van der Waals surface area contributed by atoms with Gasteiger partial charge < -0.3 is 4.74 Å². The van der Waals surface area contributed by atoms with E-state index < -0.39 is 5.38 Å². The quantitative estimate of drug-likeness (QED) is 0.220. The van der Waals surface area contributed by atoms with Gasteiger partial charge in [0.05, 0.1) is 0 Å². The van der Waals surface area contributed by atoms with Crippen molar-refractivity contribution in [2.24, 2.45) is 40.9 Å². The van der Waals surface area contributed by atoms with E-state index in [2.05, 4.69) is 38.0 Å². The second kappa shape index (κ2) is 9.05. The Bertz CT molecular complexity index is 689. The number of halogens is 1. The number of esters is 1.